The van der Waals surface area contributed by atoms with Crippen molar-refractivity contribution in [3.8, 4) is 5.75 Å². The number of rotatable bonds is 6. The second kappa shape index (κ2) is 8.16. The summed E-state index contributed by atoms with van der Waals surface area (Å²) in [6.07, 6.45) is 0. The summed E-state index contributed by atoms with van der Waals surface area (Å²) in [5, 5.41) is 6.04. The Morgan fingerprint density at radius 1 is 0.962 bits per heavy atom. The molecule has 0 atom stereocenters. The molecule has 0 heterocycles. The first-order valence-electron chi connectivity index (χ1n) is 8.18. The van der Waals surface area contributed by atoms with Crippen molar-refractivity contribution in [2.24, 2.45) is 0 Å². The summed E-state index contributed by atoms with van der Waals surface area (Å²) < 4.78 is 18.3. The number of anilines is 2. The number of ether oxygens (including phenoxy) is 1. The molecule has 0 saturated carbocycles. The van der Waals surface area contributed by atoms with E-state index in [9.17, 15) is 9.18 Å². The van der Waals surface area contributed by atoms with Gasteiger partial charge in [0.2, 0.25) is 0 Å². The summed E-state index contributed by atoms with van der Waals surface area (Å²) in [4.78, 5) is 12.3. The lowest BCUT2D eigenvalue weighted by atomic mass is 10.1. The fraction of sp³-hybridized carbons (Fsp3) is 0.0952. The minimum Gasteiger partial charge on any atom is -0.497 e. The highest BCUT2D eigenvalue weighted by molar-refractivity contribution is 6.04. The molecule has 4 nitrogen and oxygen atoms in total. The van der Waals surface area contributed by atoms with Gasteiger partial charge in [-0.3, -0.25) is 4.79 Å². The van der Waals surface area contributed by atoms with Crippen molar-refractivity contribution < 1.29 is 13.9 Å². The van der Waals surface area contributed by atoms with Crippen LogP contribution in [-0.4, -0.2) is 13.0 Å². The highest BCUT2D eigenvalue weighted by atomic mass is 19.1. The molecule has 3 aromatic rings. The normalized spacial score (nSPS) is 10.2. The Kier molecular flexibility index (Phi) is 5.49. The molecular weight excluding hydrogens is 331 g/mol. The van der Waals surface area contributed by atoms with Gasteiger partial charge in [0, 0.05) is 23.5 Å². The molecule has 3 rings (SSSR count). The smallest absolute Gasteiger partial charge is 0.255 e. The zero-order valence-corrected chi connectivity index (χ0v) is 14.3. The number of carbonyl (C=O) groups is 1. The molecule has 0 saturated heterocycles. The van der Waals surface area contributed by atoms with Crippen LogP contribution >= 0.6 is 0 Å². The van der Waals surface area contributed by atoms with Crippen LogP contribution < -0.4 is 15.4 Å². The van der Waals surface area contributed by atoms with E-state index in [1.54, 1.807) is 49.6 Å². The Bertz CT molecular complexity index is 877. The third kappa shape index (κ3) is 4.60. The van der Waals surface area contributed by atoms with E-state index in [1.807, 2.05) is 18.2 Å². The minimum absolute atomic E-state index is 0.188. The Hall–Kier alpha value is -3.34. The molecule has 1 amide bonds. The van der Waals surface area contributed by atoms with Gasteiger partial charge in [-0.05, 0) is 66.2 Å². The van der Waals surface area contributed by atoms with Crippen LogP contribution in [0.2, 0.25) is 0 Å². The van der Waals surface area contributed by atoms with Gasteiger partial charge in [0.1, 0.15) is 11.6 Å². The van der Waals surface area contributed by atoms with Crippen molar-refractivity contribution in [1.29, 1.82) is 0 Å². The summed E-state index contributed by atoms with van der Waals surface area (Å²) in [5.41, 5.74) is 2.96. The number of halogens is 1. The number of benzene rings is 3. The van der Waals surface area contributed by atoms with Crippen molar-refractivity contribution in [3.63, 3.8) is 0 Å². The van der Waals surface area contributed by atoms with E-state index >= 15 is 0 Å². The van der Waals surface area contributed by atoms with Gasteiger partial charge < -0.3 is 15.4 Å². The Morgan fingerprint density at radius 3 is 2.31 bits per heavy atom. The molecule has 2 N–H and O–H groups in total. The molecule has 0 bridgehead atoms. The third-order valence-electron chi connectivity index (χ3n) is 3.88. The van der Waals surface area contributed by atoms with Gasteiger partial charge >= 0.3 is 0 Å². The van der Waals surface area contributed by atoms with Crippen LogP contribution in [0.25, 0.3) is 0 Å². The van der Waals surface area contributed by atoms with Gasteiger partial charge in [-0.25, -0.2) is 4.39 Å². The van der Waals surface area contributed by atoms with Crippen molar-refractivity contribution in [1.82, 2.24) is 0 Å². The fourth-order valence-electron chi connectivity index (χ4n) is 2.47. The molecule has 5 heteroatoms. The molecule has 26 heavy (non-hydrogen) atoms. The van der Waals surface area contributed by atoms with E-state index in [0.29, 0.717) is 17.8 Å². The Morgan fingerprint density at radius 2 is 1.65 bits per heavy atom. The van der Waals surface area contributed by atoms with Crippen molar-refractivity contribution >= 4 is 17.3 Å². The maximum absolute atomic E-state index is 13.2. The van der Waals surface area contributed by atoms with E-state index in [0.717, 1.165) is 17.0 Å². The van der Waals surface area contributed by atoms with Gasteiger partial charge in [-0.15, -0.1) is 0 Å². The van der Waals surface area contributed by atoms with Crippen LogP contribution in [0.3, 0.4) is 0 Å². The summed E-state index contributed by atoms with van der Waals surface area (Å²) in [6, 6.07) is 20.7. The maximum Gasteiger partial charge on any atom is 0.255 e. The summed E-state index contributed by atoms with van der Waals surface area (Å²) in [7, 11) is 1.59. The molecule has 0 aromatic heterocycles. The van der Waals surface area contributed by atoms with E-state index in [-0.39, 0.29) is 11.7 Å². The molecule has 0 unspecified atom stereocenters. The van der Waals surface area contributed by atoms with Gasteiger partial charge in [-0.1, -0.05) is 12.1 Å². The second-order valence-electron chi connectivity index (χ2n) is 5.74. The van der Waals surface area contributed by atoms with Crippen LogP contribution in [-0.2, 0) is 6.54 Å². The number of methoxy groups -OCH3 is 1. The molecule has 0 aliphatic heterocycles. The van der Waals surface area contributed by atoms with Crippen molar-refractivity contribution in [2.45, 2.75) is 6.54 Å². The number of hydrogen-bond acceptors (Lipinski definition) is 3. The van der Waals surface area contributed by atoms with Crippen LogP contribution in [0.5, 0.6) is 5.75 Å². The van der Waals surface area contributed by atoms with Crippen LogP contribution in [0.1, 0.15) is 15.9 Å². The predicted octanol–water partition coefficient (Wildman–Crippen LogP) is 4.70. The molecule has 132 valence electrons. The van der Waals surface area contributed by atoms with Crippen molar-refractivity contribution in [3.05, 3.63) is 89.7 Å². The van der Waals surface area contributed by atoms with Gasteiger partial charge in [0.05, 0.1) is 7.11 Å². The summed E-state index contributed by atoms with van der Waals surface area (Å²) >= 11 is 0. The molecular formula is C21H19FN2O2. The highest BCUT2D eigenvalue weighted by Crippen LogP contribution is 2.17. The first kappa shape index (κ1) is 17.5. The molecule has 0 fully saturated rings. The Labute approximate surface area is 151 Å². The lowest BCUT2D eigenvalue weighted by Crippen LogP contribution is -2.11. The second-order valence-corrected chi connectivity index (χ2v) is 5.74. The van der Waals surface area contributed by atoms with E-state index in [1.165, 1.54) is 12.1 Å². The van der Waals surface area contributed by atoms with Crippen molar-refractivity contribution in [2.75, 3.05) is 17.7 Å². The average molecular weight is 350 g/mol. The van der Waals surface area contributed by atoms with Crippen LogP contribution in [0.4, 0.5) is 15.8 Å². The number of carbonyl (C=O) groups excluding carboxylic acids is 1. The lowest BCUT2D eigenvalue weighted by molar-refractivity contribution is 0.102. The van der Waals surface area contributed by atoms with Crippen LogP contribution in [0.15, 0.2) is 72.8 Å². The quantitative estimate of drug-likeness (QED) is 0.677. The first-order valence-corrected chi connectivity index (χ1v) is 8.18. The van der Waals surface area contributed by atoms with E-state index in [2.05, 4.69) is 10.6 Å². The molecule has 0 aliphatic rings. The SMILES string of the molecule is COc1ccc(NC(=O)c2ccc(NCc3cccc(F)c3)cc2)cc1. The average Bonchev–Trinajstić information content (AvgIpc) is 2.67. The Balaban J connectivity index is 1.58. The predicted molar refractivity (Wildman–Crippen MR) is 101 cm³/mol. The monoisotopic (exact) mass is 350 g/mol. The third-order valence-corrected chi connectivity index (χ3v) is 3.88. The zero-order chi connectivity index (χ0) is 18.4. The molecule has 3 aromatic carbocycles. The number of hydrogen-bond donors (Lipinski definition) is 2. The van der Waals surface area contributed by atoms with E-state index < -0.39 is 0 Å². The summed E-state index contributed by atoms with van der Waals surface area (Å²) in [5.74, 6) is 0.290. The van der Waals surface area contributed by atoms with Gasteiger partial charge in [0.25, 0.3) is 5.91 Å². The van der Waals surface area contributed by atoms with E-state index in [4.69, 9.17) is 4.74 Å². The first-order chi connectivity index (χ1) is 12.6. The molecule has 0 radical (unpaired) electrons. The fourth-order valence-corrected chi connectivity index (χ4v) is 2.47. The zero-order valence-electron chi connectivity index (χ0n) is 14.3. The topological polar surface area (TPSA) is 50.4 Å². The number of nitrogens with one attached hydrogen (secondary N) is 2. The van der Waals surface area contributed by atoms with Gasteiger partial charge in [-0.2, -0.15) is 0 Å². The van der Waals surface area contributed by atoms with Gasteiger partial charge in [0.15, 0.2) is 0 Å². The number of amides is 1. The maximum atomic E-state index is 13.2. The standard InChI is InChI=1S/C21H19FN2O2/c1-26-20-11-9-19(10-12-20)24-21(25)16-5-7-18(8-6-16)23-14-15-3-2-4-17(22)13-15/h2-13,23H,14H2,1H3,(H,24,25). The largest absolute Gasteiger partial charge is 0.497 e. The van der Waals surface area contributed by atoms with Crippen LogP contribution in [0, 0.1) is 5.82 Å². The molecule has 0 aliphatic carbocycles. The highest BCUT2D eigenvalue weighted by Gasteiger charge is 2.06. The minimum atomic E-state index is -0.255. The summed E-state index contributed by atoms with van der Waals surface area (Å²) in [6.45, 7) is 0.509. The molecule has 0 spiro atoms. The lowest BCUT2D eigenvalue weighted by Gasteiger charge is -2.09.